The molecule has 8 heteroatoms. The van der Waals surface area contributed by atoms with Gasteiger partial charge in [0.05, 0.1) is 31.3 Å². The van der Waals surface area contributed by atoms with E-state index in [0.29, 0.717) is 23.8 Å². The Kier molecular flexibility index (Phi) is 6.14. The van der Waals surface area contributed by atoms with Gasteiger partial charge >= 0.3 is 0 Å². The van der Waals surface area contributed by atoms with Crippen molar-refractivity contribution in [2.24, 2.45) is 0 Å². The van der Waals surface area contributed by atoms with Gasteiger partial charge in [-0.05, 0) is 29.8 Å². The highest BCUT2D eigenvalue weighted by Crippen LogP contribution is 2.22. The first-order valence-corrected chi connectivity index (χ1v) is 10.1. The summed E-state index contributed by atoms with van der Waals surface area (Å²) < 4.78 is 38.5. The smallest absolute Gasteiger partial charge is 0.215 e. The van der Waals surface area contributed by atoms with Crippen molar-refractivity contribution in [1.29, 1.82) is 0 Å². The van der Waals surface area contributed by atoms with E-state index in [-0.39, 0.29) is 18.3 Å². The van der Waals surface area contributed by atoms with E-state index in [4.69, 9.17) is 20.8 Å². The average molecular weight is 385 g/mol. The lowest BCUT2D eigenvalue weighted by Gasteiger charge is -2.33. The van der Waals surface area contributed by atoms with Gasteiger partial charge in [0.15, 0.2) is 0 Å². The maximum absolute atomic E-state index is 12.4. The molecule has 0 bridgehead atoms. The molecule has 2 heterocycles. The standard InChI is InChI=1S/C17H21ClN2O4S/c18-15-4-1-3-14(11-15)13-25(21,22)19-12-16(17-5-2-8-24-17)20-6-9-23-10-7-20/h1-5,8,11,16,19H,6-7,9-10,12-13H2. The molecule has 1 fully saturated rings. The highest BCUT2D eigenvalue weighted by molar-refractivity contribution is 7.88. The van der Waals surface area contributed by atoms with Gasteiger partial charge in [0.1, 0.15) is 5.76 Å². The fourth-order valence-corrected chi connectivity index (χ4v) is 4.23. The minimum absolute atomic E-state index is 0.110. The van der Waals surface area contributed by atoms with Crippen LogP contribution in [-0.4, -0.2) is 46.2 Å². The summed E-state index contributed by atoms with van der Waals surface area (Å²) in [6.07, 6.45) is 1.60. The van der Waals surface area contributed by atoms with E-state index < -0.39 is 10.0 Å². The Morgan fingerprint density at radius 1 is 1.20 bits per heavy atom. The molecule has 1 N–H and O–H groups in total. The quantitative estimate of drug-likeness (QED) is 0.793. The molecule has 1 aliphatic rings. The molecule has 1 aliphatic heterocycles. The van der Waals surface area contributed by atoms with Crippen molar-refractivity contribution in [3.05, 3.63) is 59.0 Å². The van der Waals surface area contributed by atoms with Gasteiger partial charge in [-0.15, -0.1) is 0 Å². The largest absolute Gasteiger partial charge is 0.468 e. The summed E-state index contributed by atoms with van der Waals surface area (Å²) in [7, 11) is -3.48. The maximum Gasteiger partial charge on any atom is 0.215 e. The Morgan fingerprint density at radius 3 is 2.68 bits per heavy atom. The minimum atomic E-state index is -3.48. The number of nitrogens with zero attached hydrogens (tertiary/aromatic N) is 1. The van der Waals surface area contributed by atoms with E-state index in [1.54, 1.807) is 30.5 Å². The summed E-state index contributed by atoms with van der Waals surface area (Å²) in [6, 6.07) is 10.4. The molecule has 25 heavy (non-hydrogen) atoms. The second kappa shape index (κ2) is 8.33. The second-order valence-corrected chi connectivity index (χ2v) is 8.16. The van der Waals surface area contributed by atoms with Gasteiger partial charge in [0.2, 0.25) is 10.0 Å². The third kappa shape index (κ3) is 5.29. The Morgan fingerprint density at radius 2 is 2.00 bits per heavy atom. The number of rotatable bonds is 7. The van der Waals surface area contributed by atoms with Gasteiger partial charge in [-0.2, -0.15) is 0 Å². The Labute approximate surface area is 152 Å². The molecule has 0 spiro atoms. The number of halogens is 1. The van der Waals surface area contributed by atoms with Crippen molar-refractivity contribution in [3.8, 4) is 0 Å². The van der Waals surface area contributed by atoms with Crippen LogP contribution in [0.3, 0.4) is 0 Å². The lowest BCUT2D eigenvalue weighted by atomic mass is 10.2. The van der Waals surface area contributed by atoms with Crippen LogP contribution in [0, 0.1) is 0 Å². The molecule has 1 aromatic heterocycles. The molecule has 0 amide bonds. The second-order valence-electron chi connectivity index (χ2n) is 5.92. The summed E-state index contributed by atoms with van der Waals surface area (Å²) in [4.78, 5) is 2.17. The molecule has 136 valence electrons. The van der Waals surface area contributed by atoms with Crippen LogP contribution in [0.15, 0.2) is 47.1 Å². The van der Waals surface area contributed by atoms with Crippen LogP contribution in [-0.2, 0) is 20.5 Å². The summed E-state index contributed by atoms with van der Waals surface area (Å²) in [5.74, 6) is 0.633. The third-order valence-electron chi connectivity index (χ3n) is 4.10. The summed E-state index contributed by atoms with van der Waals surface area (Å²) in [6.45, 7) is 2.98. The summed E-state index contributed by atoms with van der Waals surface area (Å²) >= 11 is 5.92. The van der Waals surface area contributed by atoms with Gasteiger partial charge < -0.3 is 9.15 Å². The molecular formula is C17H21ClN2O4S. The first-order chi connectivity index (χ1) is 12.0. The van der Waals surface area contributed by atoms with E-state index in [1.807, 2.05) is 12.1 Å². The van der Waals surface area contributed by atoms with Crippen molar-refractivity contribution in [3.63, 3.8) is 0 Å². The van der Waals surface area contributed by atoms with Crippen LogP contribution < -0.4 is 4.72 Å². The highest BCUT2D eigenvalue weighted by atomic mass is 35.5. The van der Waals surface area contributed by atoms with E-state index in [2.05, 4.69) is 9.62 Å². The number of nitrogens with one attached hydrogen (secondary N) is 1. The Balaban J connectivity index is 1.67. The molecule has 1 unspecified atom stereocenters. The molecule has 2 aromatic rings. The fraction of sp³-hybridized carbons (Fsp3) is 0.412. The molecule has 0 saturated carbocycles. The normalized spacial score (nSPS) is 17.5. The van der Waals surface area contributed by atoms with E-state index in [9.17, 15) is 8.42 Å². The van der Waals surface area contributed by atoms with Gasteiger partial charge in [0.25, 0.3) is 0 Å². The summed E-state index contributed by atoms with van der Waals surface area (Å²) in [5.41, 5.74) is 0.654. The molecule has 1 aromatic carbocycles. The minimum Gasteiger partial charge on any atom is -0.468 e. The van der Waals surface area contributed by atoms with Gasteiger partial charge in [-0.1, -0.05) is 23.7 Å². The van der Waals surface area contributed by atoms with Crippen LogP contribution in [0.1, 0.15) is 17.4 Å². The average Bonchev–Trinajstić information content (AvgIpc) is 3.10. The zero-order chi connectivity index (χ0) is 17.7. The molecule has 6 nitrogen and oxygen atoms in total. The number of hydrogen-bond donors (Lipinski definition) is 1. The first kappa shape index (κ1) is 18.4. The lowest BCUT2D eigenvalue weighted by Crippen LogP contribution is -2.43. The lowest BCUT2D eigenvalue weighted by molar-refractivity contribution is 0.0128. The van der Waals surface area contributed by atoms with Crippen LogP contribution in [0.5, 0.6) is 0 Å². The van der Waals surface area contributed by atoms with E-state index >= 15 is 0 Å². The monoisotopic (exact) mass is 384 g/mol. The molecule has 0 aliphatic carbocycles. The number of hydrogen-bond acceptors (Lipinski definition) is 5. The Hall–Kier alpha value is -1.38. The molecule has 0 radical (unpaired) electrons. The number of morpholine rings is 1. The van der Waals surface area contributed by atoms with Gasteiger partial charge in [-0.3, -0.25) is 4.90 Å². The number of sulfonamides is 1. The SMILES string of the molecule is O=S(=O)(Cc1cccc(Cl)c1)NCC(c1ccco1)N1CCOCC1. The fourth-order valence-electron chi connectivity index (χ4n) is 2.88. The van der Waals surface area contributed by atoms with Gasteiger partial charge in [0, 0.05) is 24.7 Å². The molecule has 3 rings (SSSR count). The maximum atomic E-state index is 12.4. The number of furan rings is 1. The van der Waals surface area contributed by atoms with Crippen LogP contribution >= 0.6 is 11.6 Å². The van der Waals surface area contributed by atoms with Crippen LogP contribution in [0.2, 0.25) is 5.02 Å². The van der Waals surface area contributed by atoms with Crippen molar-refractivity contribution in [2.45, 2.75) is 11.8 Å². The van der Waals surface area contributed by atoms with Crippen LogP contribution in [0.25, 0.3) is 0 Å². The van der Waals surface area contributed by atoms with Crippen molar-refractivity contribution >= 4 is 21.6 Å². The predicted molar refractivity (Wildman–Crippen MR) is 95.9 cm³/mol. The molecule has 1 atom stereocenters. The van der Waals surface area contributed by atoms with E-state index in [1.165, 1.54) is 0 Å². The topological polar surface area (TPSA) is 71.8 Å². The zero-order valence-corrected chi connectivity index (χ0v) is 15.3. The first-order valence-electron chi connectivity index (χ1n) is 8.10. The molecular weight excluding hydrogens is 364 g/mol. The zero-order valence-electron chi connectivity index (χ0n) is 13.7. The number of benzene rings is 1. The van der Waals surface area contributed by atoms with Crippen molar-refractivity contribution < 1.29 is 17.6 Å². The van der Waals surface area contributed by atoms with Crippen molar-refractivity contribution in [1.82, 2.24) is 9.62 Å². The van der Waals surface area contributed by atoms with Crippen molar-refractivity contribution in [2.75, 3.05) is 32.8 Å². The Bertz CT molecular complexity index is 774. The third-order valence-corrected chi connectivity index (χ3v) is 5.66. The van der Waals surface area contributed by atoms with E-state index in [0.717, 1.165) is 18.8 Å². The summed E-state index contributed by atoms with van der Waals surface area (Å²) in [5, 5.41) is 0.523. The van der Waals surface area contributed by atoms with Crippen LogP contribution in [0.4, 0.5) is 0 Å². The molecule has 1 saturated heterocycles. The number of ether oxygens (including phenoxy) is 1. The highest BCUT2D eigenvalue weighted by Gasteiger charge is 2.26. The van der Waals surface area contributed by atoms with Gasteiger partial charge in [-0.25, -0.2) is 13.1 Å². The predicted octanol–water partition coefficient (Wildman–Crippen LogP) is 2.43.